The van der Waals surface area contributed by atoms with Gasteiger partial charge < -0.3 is 10.1 Å². The molecule has 2 N–H and O–H groups in total. The van der Waals surface area contributed by atoms with Crippen LogP contribution in [0.15, 0.2) is 52.4 Å². The molecular formula is C20H19Cl2N3O5S. The largest absolute Gasteiger partial charge is 0.456 e. The van der Waals surface area contributed by atoms with Crippen LogP contribution in [-0.2, 0) is 30.8 Å². The molecule has 0 unspecified atom stereocenters. The number of nitrogens with one attached hydrogen (secondary N) is 2. The van der Waals surface area contributed by atoms with Crippen LogP contribution in [0, 0.1) is 0 Å². The van der Waals surface area contributed by atoms with Crippen molar-refractivity contribution in [3.63, 3.8) is 0 Å². The topological polar surface area (TPSA) is 114 Å². The lowest BCUT2D eigenvalue weighted by atomic mass is 10.1. The summed E-state index contributed by atoms with van der Waals surface area (Å²) in [5.74, 6) is -0.876. The Kier molecular flexibility index (Phi) is 7.53. The number of halogens is 2. The fourth-order valence-electron chi connectivity index (χ4n) is 2.84. The fourth-order valence-corrected chi connectivity index (χ4v) is 4.59. The quantitative estimate of drug-likeness (QED) is 0.559. The van der Waals surface area contributed by atoms with Crippen LogP contribution in [0.5, 0.6) is 0 Å². The van der Waals surface area contributed by atoms with Crippen LogP contribution in [0.25, 0.3) is 0 Å². The van der Waals surface area contributed by atoms with Crippen molar-refractivity contribution in [2.75, 3.05) is 19.7 Å². The van der Waals surface area contributed by atoms with Crippen LogP contribution < -0.4 is 10.0 Å². The second-order valence-electron chi connectivity index (χ2n) is 6.58. The molecule has 1 aliphatic rings. The Labute approximate surface area is 189 Å². The van der Waals surface area contributed by atoms with Crippen molar-refractivity contribution >= 4 is 50.9 Å². The van der Waals surface area contributed by atoms with Gasteiger partial charge in [-0.3, -0.25) is 19.3 Å². The van der Waals surface area contributed by atoms with Crippen molar-refractivity contribution in [2.24, 2.45) is 4.99 Å². The standard InChI is InChI=1S/C20H19Cl2N3O5S/c21-14-6-5-13(16(22)11-14)7-9-23-18(26)12-30-19(27)8-10-24-20-15-3-1-2-4-17(15)31(28,29)25-20/h1-6,11H,7-10,12H2,(H,23,26)(H,24,25). The number of nitrogens with zero attached hydrogens (tertiary/aromatic N) is 1. The summed E-state index contributed by atoms with van der Waals surface area (Å²) in [6.45, 7) is -0.0775. The molecule has 0 spiro atoms. The van der Waals surface area contributed by atoms with Crippen LogP contribution >= 0.6 is 23.2 Å². The molecular weight excluding hydrogens is 465 g/mol. The summed E-state index contributed by atoms with van der Waals surface area (Å²) in [5, 5.41) is 3.68. The molecule has 1 heterocycles. The average Bonchev–Trinajstić information content (AvgIpc) is 2.98. The number of esters is 1. The van der Waals surface area contributed by atoms with Gasteiger partial charge in [-0.05, 0) is 36.2 Å². The molecule has 2 aromatic carbocycles. The second kappa shape index (κ2) is 10.1. The third-order valence-corrected chi connectivity index (χ3v) is 6.33. The molecule has 8 nitrogen and oxygen atoms in total. The van der Waals surface area contributed by atoms with E-state index in [-0.39, 0.29) is 23.7 Å². The third kappa shape index (κ3) is 6.19. The number of carbonyl (C=O) groups is 2. The predicted octanol–water partition coefficient (Wildman–Crippen LogP) is 2.32. The molecule has 3 rings (SSSR count). The Bertz CT molecular complexity index is 1140. The van der Waals surface area contributed by atoms with Crippen LogP contribution in [-0.4, -0.2) is 45.8 Å². The molecule has 0 fully saturated rings. The summed E-state index contributed by atoms with van der Waals surface area (Å²) < 4.78 is 31.3. The Morgan fingerprint density at radius 3 is 2.68 bits per heavy atom. The van der Waals surface area contributed by atoms with Crippen molar-refractivity contribution in [3.8, 4) is 0 Å². The molecule has 0 aromatic heterocycles. The minimum atomic E-state index is -3.63. The summed E-state index contributed by atoms with van der Waals surface area (Å²) in [4.78, 5) is 27.9. The first-order chi connectivity index (χ1) is 14.8. The number of amides is 1. The van der Waals surface area contributed by atoms with Gasteiger partial charge in [0.2, 0.25) is 0 Å². The van der Waals surface area contributed by atoms with E-state index in [0.29, 0.717) is 28.6 Å². The van der Waals surface area contributed by atoms with Gasteiger partial charge in [0.25, 0.3) is 15.9 Å². The van der Waals surface area contributed by atoms with Gasteiger partial charge in [0.15, 0.2) is 6.61 Å². The summed E-state index contributed by atoms with van der Waals surface area (Å²) in [6.07, 6.45) is 0.408. The molecule has 2 aromatic rings. The maximum absolute atomic E-state index is 12.0. The molecule has 0 atom stereocenters. The number of ether oxygens (including phenoxy) is 1. The fraction of sp³-hybridized carbons (Fsp3) is 0.250. The maximum Gasteiger partial charge on any atom is 0.308 e. The smallest absolute Gasteiger partial charge is 0.308 e. The molecule has 0 radical (unpaired) electrons. The molecule has 0 saturated heterocycles. The van der Waals surface area contributed by atoms with Gasteiger partial charge in [-0.15, -0.1) is 0 Å². The Morgan fingerprint density at radius 2 is 1.90 bits per heavy atom. The molecule has 1 aliphatic heterocycles. The van der Waals surface area contributed by atoms with E-state index in [9.17, 15) is 18.0 Å². The van der Waals surface area contributed by atoms with Crippen LogP contribution in [0.2, 0.25) is 10.0 Å². The first-order valence-corrected chi connectivity index (χ1v) is 11.5. The van der Waals surface area contributed by atoms with E-state index in [2.05, 4.69) is 15.0 Å². The van der Waals surface area contributed by atoms with Crippen molar-refractivity contribution in [2.45, 2.75) is 17.7 Å². The Morgan fingerprint density at radius 1 is 1.13 bits per heavy atom. The number of aliphatic imine (C=N–C) groups is 1. The normalized spacial score (nSPS) is 15.2. The highest BCUT2D eigenvalue weighted by atomic mass is 35.5. The number of amidine groups is 1. The number of hydrogen-bond acceptors (Lipinski definition) is 6. The first-order valence-electron chi connectivity index (χ1n) is 9.29. The summed E-state index contributed by atoms with van der Waals surface area (Å²) in [7, 11) is -3.63. The zero-order chi connectivity index (χ0) is 22.4. The monoisotopic (exact) mass is 483 g/mol. The number of carbonyl (C=O) groups excluding carboxylic acids is 2. The van der Waals surface area contributed by atoms with Gasteiger partial charge in [0.05, 0.1) is 17.9 Å². The van der Waals surface area contributed by atoms with Gasteiger partial charge >= 0.3 is 5.97 Å². The Hall–Kier alpha value is -2.62. The van der Waals surface area contributed by atoms with Crippen LogP contribution in [0.1, 0.15) is 17.5 Å². The van der Waals surface area contributed by atoms with E-state index in [1.54, 1.807) is 36.4 Å². The van der Waals surface area contributed by atoms with E-state index in [1.807, 2.05) is 0 Å². The van der Waals surface area contributed by atoms with E-state index in [1.165, 1.54) is 6.07 Å². The number of benzene rings is 2. The summed E-state index contributed by atoms with van der Waals surface area (Å²) >= 11 is 11.9. The zero-order valence-corrected chi connectivity index (χ0v) is 18.6. The number of rotatable bonds is 8. The number of fused-ring (bicyclic) bond motifs is 1. The molecule has 0 aliphatic carbocycles. The molecule has 0 bridgehead atoms. The van der Waals surface area contributed by atoms with Crippen LogP contribution in [0.3, 0.4) is 0 Å². The molecule has 11 heteroatoms. The number of hydrogen-bond donors (Lipinski definition) is 2. The highest BCUT2D eigenvalue weighted by Gasteiger charge is 2.29. The number of sulfonamides is 1. The van der Waals surface area contributed by atoms with Crippen molar-refractivity contribution in [1.29, 1.82) is 0 Å². The van der Waals surface area contributed by atoms with Gasteiger partial charge in [0.1, 0.15) is 5.84 Å². The average molecular weight is 484 g/mol. The summed E-state index contributed by atoms with van der Waals surface area (Å²) in [6, 6.07) is 11.5. The maximum atomic E-state index is 12.0. The molecule has 31 heavy (non-hydrogen) atoms. The van der Waals surface area contributed by atoms with Gasteiger partial charge in [-0.25, -0.2) is 8.42 Å². The lowest BCUT2D eigenvalue weighted by Gasteiger charge is -2.08. The molecule has 164 valence electrons. The van der Waals surface area contributed by atoms with E-state index in [4.69, 9.17) is 27.9 Å². The van der Waals surface area contributed by atoms with E-state index >= 15 is 0 Å². The second-order valence-corrected chi connectivity index (χ2v) is 9.07. The van der Waals surface area contributed by atoms with E-state index in [0.717, 1.165) is 5.56 Å². The van der Waals surface area contributed by atoms with E-state index < -0.39 is 28.5 Å². The lowest BCUT2D eigenvalue weighted by Crippen LogP contribution is -2.30. The predicted molar refractivity (Wildman–Crippen MR) is 117 cm³/mol. The minimum absolute atomic E-state index is 0.0156. The highest BCUT2D eigenvalue weighted by molar-refractivity contribution is 7.90. The van der Waals surface area contributed by atoms with Crippen molar-refractivity contribution < 1.29 is 22.7 Å². The Balaban J connectivity index is 1.39. The zero-order valence-electron chi connectivity index (χ0n) is 16.2. The lowest BCUT2D eigenvalue weighted by molar-refractivity contribution is -0.148. The van der Waals surface area contributed by atoms with Gasteiger partial charge in [-0.1, -0.05) is 41.4 Å². The third-order valence-electron chi connectivity index (χ3n) is 4.34. The van der Waals surface area contributed by atoms with Gasteiger partial charge in [0, 0.05) is 22.2 Å². The minimum Gasteiger partial charge on any atom is -0.456 e. The van der Waals surface area contributed by atoms with Crippen molar-refractivity contribution in [3.05, 3.63) is 63.6 Å². The highest BCUT2D eigenvalue weighted by Crippen LogP contribution is 2.22. The SMILES string of the molecule is O=C(COC(=O)CCN=C1NS(=O)(=O)c2ccccc21)NCCc1ccc(Cl)cc1Cl. The van der Waals surface area contributed by atoms with Gasteiger partial charge in [-0.2, -0.15) is 0 Å². The first kappa shape index (κ1) is 23.1. The van der Waals surface area contributed by atoms with Crippen LogP contribution in [0.4, 0.5) is 0 Å². The summed E-state index contributed by atoms with van der Waals surface area (Å²) in [5.41, 5.74) is 1.29. The molecule has 0 saturated carbocycles. The molecule has 1 amide bonds. The van der Waals surface area contributed by atoms with Crippen molar-refractivity contribution in [1.82, 2.24) is 10.0 Å².